The molecule has 21 heavy (non-hydrogen) atoms. The molecule has 116 valence electrons. The number of carbonyl (C=O) groups is 1. The Balaban J connectivity index is 2.07. The summed E-state index contributed by atoms with van der Waals surface area (Å²) in [5.74, 6) is 1.23. The van der Waals surface area contributed by atoms with Gasteiger partial charge in [-0.25, -0.2) is 0 Å². The van der Waals surface area contributed by atoms with Crippen LogP contribution < -0.4 is 20.1 Å². The number of carbonyl (C=O) groups excluding carboxylic acids is 1. The van der Waals surface area contributed by atoms with E-state index < -0.39 is 0 Å². The van der Waals surface area contributed by atoms with Crippen molar-refractivity contribution in [3.8, 4) is 11.5 Å². The van der Waals surface area contributed by atoms with Gasteiger partial charge in [0.05, 0.1) is 13.2 Å². The topological polar surface area (TPSA) is 59.6 Å². The first-order valence-corrected chi connectivity index (χ1v) is 7.65. The number of piperidine rings is 1. The summed E-state index contributed by atoms with van der Waals surface area (Å²) in [6, 6.07) is 5.52. The average Bonchev–Trinajstić information content (AvgIpc) is 2.50. The van der Waals surface area contributed by atoms with Gasteiger partial charge in [0, 0.05) is 18.2 Å². The monoisotopic (exact) mass is 292 g/mol. The predicted octanol–water partition coefficient (Wildman–Crippen LogP) is 1.97. The van der Waals surface area contributed by atoms with Gasteiger partial charge in [0.2, 0.25) is 0 Å². The van der Waals surface area contributed by atoms with E-state index in [4.69, 9.17) is 9.47 Å². The van der Waals surface area contributed by atoms with E-state index in [0.717, 1.165) is 25.9 Å². The smallest absolute Gasteiger partial charge is 0.251 e. The molecule has 0 bridgehead atoms. The molecule has 0 radical (unpaired) electrons. The number of hydrogen-bond acceptors (Lipinski definition) is 4. The van der Waals surface area contributed by atoms with Gasteiger partial charge in [0.25, 0.3) is 5.91 Å². The van der Waals surface area contributed by atoms with Gasteiger partial charge in [0.1, 0.15) is 0 Å². The Bertz CT molecular complexity index is 471. The molecule has 1 aromatic carbocycles. The zero-order chi connectivity index (χ0) is 15.1. The summed E-state index contributed by atoms with van der Waals surface area (Å²) >= 11 is 0. The lowest BCUT2D eigenvalue weighted by molar-refractivity contribution is 0.0930. The van der Waals surface area contributed by atoms with Gasteiger partial charge in [-0.15, -0.1) is 0 Å². The van der Waals surface area contributed by atoms with E-state index >= 15 is 0 Å². The minimum absolute atomic E-state index is 0.0623. The Morgan fingerprint density at radius 2 is 2.05 bits per heavy atom. The van der Waals surface area contributed by atoms with Crippen molar-refractivity contribution < 1.29 is 14.3 Å². The van der Waals surface area contributed by atoms with Crippen molar-refractivity contribution in [1.82, 2.24) is 10.6 Å². The van der Waals surface area contributed by atoms with E-state index in [1.54, 1.807) is 18.2 Å². The lowest BCUT2D eigenvalue weighted by Crippen LogP contribution is -2.45. The maximum atomic E-state index is 12.3. The van der Waals surface area contributed by atoms with Crippen molar-refractivity contribution in [3.63, 3.8) is 0 Å². The van der Waals surface area contributed by atoms with Gasteiger partial charge in [-0.3, -0.25) is 4.79 Å². The first-order valence-electron chi connectivity index (χ1n) is 7.65. The molecule has 5 heteroatoms. The van der Waals surface area contributed by atoms with Crippen molar-refractivity contribution in [3.05, 3.63) is 23.8 Å². The van der Waals surface area contributed by atoms with Crippen LogP contribution in [-0.4, -0.2) is 38.3 Å². The molecule has 1 saturated heterocycles. The highest BCUT2D eigenvalue weighted by Crippen LogP contribution is 2.28. The van der Waals surface area contributed by atoms with Crippen LogP contribution in [0.5, 0.6) is 11.5 Å². The molecule has 1 atom stereocenters. The molecule has 1 aromatic rings. The molecule has 5 nitrogen and oxygen atoms in total. The zero-order valence-electron chi connectivity index (χ0n) is 12.8. The quantitative estimate of drug-likeness (QED) is 0.841. The molecule has 0 spiro atoms. The first-order chi connectivity index (χ1) is 10.2. The van der Waals surface area contributed by atoms with E-state index in [9.17, 15) is 4.79 Å². The summed E-state index contributed by atoms with van der Waals surface area (Å²) in [5.41, 5.74) is 0.604. The highest BCUT2D eigenvalue weighted by atomic mass is 16.5. The lowest BCUT2D eigenvalue weighted by atomic mass is 10.1. The second-order valence-electron chi connectivity index (χ2n) is 5.04. The first kappa shape index (κ1) is 15.6. The number of benzene rings is 1. The largest absolute Gasteiger partial charge is 0.490 e. The van der Waals surface area contributed by atoms with Crippen molar-refractivity contribution in [2.45, 2.75) is 32.7 Å². The number of ether oxygens (including phenoxy) is 2. The molecule has 0 unspecified atom stereocenters. The van der Waals surface area contributed by atoms with Crippen LogP contribution in [-0.2, 0) is 0 Å². The second kappa shape index (κ2) is 7.88. The summed E-state index contributed by atoms with van der Waals surface area (Å²) in [4.78, 5) is 12.3. The van der Waals surface area contributed by atoms with Crippen LogP contribution in [0.15, 0.2) is 18.2 Å². The molecule has 0 saturated carbocycles. The van der Waals surface area contributed by atoms with E-state index in [0.29, 0.717) is 30.3 Å². The van der Waals surface area contributed by atoms with Crippen LogP contribution >= 0.6 is 0 Å². The van der Waals surface area contributed by atoms with Gasteiger partial charge in [0.15, 0.2) is 11.5 Å². The third-order valence-corrected chi connectivity index (χ3v) is 3.44. The maximum Gasteiger partial charge on any atom is 0.251 e. The van der Waals surface area contributed by atoms with Crippen LogP contribution in [0.1, 0.15) is 37.0 Å². The summed E-state index contributed by atoms with van der Waals surface area (Å²) in [7, 11) is 0. The summed E-state index contributed by atoms with van der Waals surface area (Å²) in [6.45, 7) is 6.81. The summed E-state index contributed by atoms with van der Waals surface area (Å²) in [5, 5.41) is 6.35. The van der Waals surface area contributed by atoms with E-state index in [1.165, 1.54) is 0 Å². The fourth-order valence-corrected chi connectivity index (χ4v) is 2.44. The van der Waals surface area contributed by atoms with Gasteiger partial charge >= 0.3 is 0 Å². The summed E-state index contributed by atoms with van der Waals surface area (Å²) < 4.78 is 11.1. The molecule has 0 aliphatic carbocycles. The number of hydrogen-bond donors (Lipinski definition) is 2. The zero-order valence-corrected chi connectivity index (χ0v) is 12.8. The van der Waals surface area contributed by atoms with Crippen LogP contribution in [0.25, 0.3) is 0 Å². The Hall–Kier alpha value is -1.75. The fraction of sp³-hybridized carbons (Fsp3) is 0.562. The normalized spacial score (nSPS) is 18.1. The predicted molar refractivity (Wildman–Crippen MR) is 82.1 cm³/mol. The van der Waals surface area contributed by atoms with Gasteiger partial charge in [-0.05, 0) is 51.4 Å². The van der Waals surface area contributed by atoms with Gasteiger partial charge < -0.3 is 20.1 Å². The fourth-order valence-electron chi connectivity index (χ4n) is 2.44. The van der Waals surface area contributed by atoms with Gasteiger partial charge in [-0.2, -0.15) is 0 Å². The minimum Gasteiger partial charge on any atom is -0.490 e. The van der Waals surface area contributed by atoms with Crippen molar-refractivity contribution in [2.75, 3.05) is 26.3 Å². The molecule has 1 amide bonds. The van der Waals surface area contributed by atoms with E-state index in [-0.39, 0.29) is 11.9 Å². The van der Waals surface area contributed by atoms with Crippen molar-refractivity contribution in [1.29, 1.82) is 0 Å². The molecular formula is C16H24N2O3. The van der Waals surface area contributed by atoms with Crippen LogP contribution in [0.2, 0.25) is 0 Å². The number of amides is 1. The molecule has 1 heterocycles. The highest BCUT2D eigenvalue weighted by Gasteiger charge is 2.17. The molecule has 0 aromatic heterocycles. The van der Waals surface area contributed by atoms with Crippen LogP contribution in [0.4, 0.5) is 0 Å². The van der Waals surface area contributed by atoms with Crippen molar-refractivity contribution >= 4 is 5.91 Å². The number of rotatable bonds is 6. The van der Waals surface area contributed by atoms with E-state index in [2.05, 4.69) is 10.6 Å². The number of nitrogens with one attached hydrogen (secondary N) is 2. The SMILES string of the molecule is CCOc1ccc(C(=O)N[C@H]2CCCNC2)cc1OCC. The average molecular weight is 292 g/mol. The van der Waals surface area contributed by atoms with Crippen LogP contribution in [0, 0.1) is 0 Å². The summed E-state index contributed by atoms with van der Waals surface area (Å²) in [6.07, 6.45) is 2.12. The van der Waals surface area contributed by atoms with Crippen molar-refractivity contribution in [2.24, 2.45) is 0 Å². The molecule has 2 N–H and O–H groups in total. The molecule has 1 aliphatic rings. The Morgan fingerprint density at radius 3 is 2.71 bits per heavy atom. The molecule has 1 fully saturated rings. The lowest BCUT2D eigenvalue weighted by Gasteiger charge is -2.24. The highest BCUT2D eigenvalue weighted by molar-refractivity contribution is 5.95. The molecule has 1 aliphatic heterocycles. The third kappa shape index (κ3) is 4.36. The minimum atomic E-state index is -0.0623. The Labute approximate surface area is 126 Å². The Morgan fingerprint density at radius 1 is 1.29 bits per heavy atom. The third-order valence-electron chi connectivity index (χ3n) is 3.44. The second-order valence-corrected chi connectivity index (χ2v) is 5.04. The molecule has 2 rings (SSSR count). The van der Waals surface area contributed by atoms with E-state index in [1.807, 2.05) is 13.8 Å². The van der Waals surface area contributed by atoms with Crippen LogP contribution in [0.3, 0.4) is 0 Å². The Kier molecular flexibility index (Phi) is 5.87. The standard InChI is InChI=1S/C16H24N2O3/c1-3-20-14-8-7-12(10-15(14)21-4-2)16(19)18-13-6-5-9-17-11-13/h7-8,10,13,17H,3-6,9,11H2,1-2H3,(H,18,19)/t13-/m0/s1. The molecular weight excluding hydrogens is 268 g/mol. The maximum absolute atomic E-state index is 12.3. The van der Waals surface area contributed by atoms with Gasteiger partial charge in [-0.1, -0.05) is 0 Å².